The first kappa shape index (κ1) is 23.9. The van der Waals surface area contributed by atoms with E-state index in [1.54, 1.807) is 0 Å². The van der Waals surface area contributed by atoms with E-state index >= 15 is 0 Å². The summed E-state index contributed by atoms with van der Waals surface area (Å²) < 4.78 is 7.39. The molecule has 2 aliphatic rings. The van der Waals surface area contributed by atoms with Crippen LogP contribution in [-0.2, 0) is 17.7 Å². The lowest BCUT2D eigenvalue weighted by Crippen LogP contribution is -2.41. The maximum absolute atomic E-state index is 14.2. The van der Waals surface area contributed by atoms with Crippen molar-refractivity contribution in [2.24, 2.45) is 5.92 Å². The van der Waals surface area contributed by atoms with E-state index in [1.165, 1.54) is 16.7 Å². The van der Waals surface area contributed by atoms with Gasteiger partial charge in [0, 0.05) is 37.3 Å². The lowest BCUT2D eigenvalue weighted by Gasteiger charge is -2.31. The molecule has 0 radical (unpaired) electrons. The topological polar surface area (TPSA) is 92.6 Å². The smallest absolute Gasteiger partial charge is 0.294 e. The number of aryl methyl sites for hydroxylation is 2. The van der Waals surface area contributed by atoms with Crippen molar-refractivity contribution >= 4 is 22.6 Å². The van der Waals surface area contributed by atoms with Crippen LogP contribution >= 0.6 is 0 Å². The molecule has 2 aromatic carbocycles. The minimum Gasteiger partial charge on any atom is -0.381 e. The number of carbonyl (C=O) groups is 1. The fraction of sp³-hybridized carbons (Fsp3) is 0.448. The number of aromatic nitrogens is 4. The molecule has 0 bridgehead atoms. The monoisotopic (exact) mass is 499 g/mol. The van der Waals surface area contributed by atoms with E-state index < -0.39 is 0 Å². The van der Waals surface area contributed by atoms with Crippen LogP contribution in [0, 0.1) is 19.8 Å². The van der Waals surface area contributed by atoms with Crippen LogP contribution in [0.15, 0.2) is 35.1 Å². The molecule has 8 nitrogen and oxygen atoms in total. The van der Waals surface area contributed by atoms with E-state index in [-0.39, 0.29) is 29.1 Å². The fourth-order valence-electron chi connectivity index (χ4n) is 5.96. The minimum absolute atomic E-state index is 0.00754. The summed E-state index contributed by atoms with van der Waals surface area (Å²) >= 11 is 0. The van der Waals surface area contributed by atoms with Gasteiger partial charge in [0.25, 0.3) is 11.5 Å². The average molecular weight is 500 g/mol. The number of nitrogens with zero attached hydrogens (tertiary/aromatic N) is 4. The first-order valence-corrected chi connectivity index (χ1v) is 13.2. The molecule has 2 aromatic heterocycles. The standard InChI is InChI=1S/C29H33N5O3/c1-16-5-6-21-12-17(2)19(4)33(15-22(21)11-16)29(36)23-14-25-24(13-18(23)3)30-28(35)27-32-31-26(34(25)27)20-7-9-37-10-8-20/h5-6,11,13-14,17,19-20H,7-10,12,15H2,1-4H3,(H,30,35). The molecule has 4 heterocycles. The fourth-order valence-corrected chi connectivity index (χ4v) is 5.96. The molecule has 8 heteroatoms. The molecule has 4 aromatic rings. The number of hydrogen-bond acceptors (Lipinski definition) is 5. The third kappa shape index (κ3) is 4.03. The Labute approximate surface area is 215 Å². The minimum atomic E-state index is -0.279. The predicted molar refractivity (Wildman–Crippen MR) is 142 cm³/mol. The predicted octanol–water partition coefficient (Wildman–Crippen LogP) is 4.30. The highest BCUT2D eigenvalue weighted by Gasteiger charge is 2.31. The van der Waals surface area contributed by atoms with Gasteiger partial charge in [-0.3, -0.25) is 14.0 Å². The number of rotatable bonds is 2. The number of hydrogen-bond donors (Lipinski definition) is 1. The maximum atomic E-state index is 14.2. The van der Waals surface area contributed by atoms with Crippen LogP contribution < -0.4 is 5.56 Å². The maximum Gasteiger partial charge on any atom is 0.294 e. The quantitative estimate of drug-likeness (QED) is 0.444. The zero-order valence-corrected chi connectivity index (χ0v) is 21.9. The summed E-state index contributed by atoms with van der Waals surface area (Å²) in [6.07, 6.45) is 2.61. The number of aromatic amines is 1. The van der Waals surface area contributed by atoms with E-state index in [0.29, 0.717) is 36.8 Å². The van der Waals surface area contributed by atoms with Crippen LogP contribution in [0.5, 0.6) is 0 Å². The Hall–Kier alpha value is -3.52. The van der Waals surface area contributed by atoms with Gasteiger partial charge in [-0.2, -0.15) is 0 Å². The van der Waals surface area contributed by atoms with E-state index in [4.69, 9.17) is 4.74 Å². The zero-order valence-electron chi connectivity index (χ0n) is 21.9. The number of ether oxygens (including phenoxy) is 1. The van der Waals surface area contributed by atoms with Gasteiger partial charge in [-0.15, -0.1) is 10.2 Å². The molecule has 1 N–H and O–H groups in total. The molecular weight excluding hydrogens is 466 g/mol. The van der Waals surface area contributed by atoms with Crippen molar-refractivity contribution in [3.8, 4) is 0 Å². The van der Waals surface area contributed by atoms with Crippen LogP contribution in [0.25, 0.3) is 16.7 Å². The second-order valence-corrected chi connectivity index (χ2v) is 10.9. The summed E-state index contributed by atoms with van der Waals surface area (Å²) in [6, 6.07) is 10.5. The molecule has 1 saturated heterocycles. The number of carbonyl (C=O) groups excluding carboxylic acids is 1. The first-order valence-electron chi connectivity index (χ1n) is 13.2. The SMILES string of the molecule is Cc1ccc2c(c1)CN(C(=O)c1cc3c(cc1C)[nH]c(=O)c1nnc(C4CCOCC4)n13)C(C)C(C)C2. The van der Waals surface area contributed by atoms with Gasteiger partial charge in [-0.25, -0.2) is 0 Å². The van der Waals surface area contributed by atoms with Gasteiger partial charge in [0.15, 0.2) is 0 Å². The van der Waals surface area contributed by atoms with Gasteiger partial charge >= 0.3 is 0 Å². The molecule has 37 heavy (non-hydrogen) atoms. The molecule has 0 saturated carbocycles. The van der Waals surface area contributed by atoms with Crippen LogP contribution in [0.4, 0.5) is 0 Å². The summed E-state index contributed by atoms with van der Waals surface area (Å²) in [7, 11) is 0. The highest BCUT2D eigenvalue weighted by Crippen LogP contribution is 2.31. The van der Waals surface area contributed by atoms with Gasteiger partial charge in [0.05, 0.1) is 11.0 Å². The van der Waals surface area contributed by atoms with E-state index in [9.17, 15) is 9.59 Å². The van der Waals surface area contributed by atoms with Gasteiger partial charge in [-0.1, -0.05) is 30.7 Å². The number of H-pyrrole nitrogens is 1. The van der Waals surface area contributed by atoms with E-state index in [1.807, 2.05) is 28.4 Å². The molecule has 0 aliphatic carbocycles. The van der Waals surface area contributed by atoms with Crippen molar-refractivity contribution < 1.29 is 9.53 Å². The third-order valence-corrected chi connectivity index (χ3v) is 8.36. The summed E-state index contributed by atoms with van der Waals surface area (Å²) in [4.78, 5) is 32.0. The van der Waals surface area contributed by atoms with Crippen molar-refractivity contribution in [1.29, 1.82) is 0 Å². The largest absolute Gasteiger partial charge is 0.381 e. The van der Waals surface area contributed by atoms with Gasteiger partial charge in [0.2, 0.25) is 5.65 Å². The Balaban J connectivity index is 1.49. The highest BCUT2D eigenvalue weighted by molar-refractivity contribution is 5.99. The van der Waals surface area contributed by atoms with Crippen molar-refractivity contribution in [2.75, 3.05) is 13.2 Å². The molecule has 2 unspecified atom stereocenters. The van der Waals surface area contributed by atoms with Crippen molar-refractivity contribution in [3.63, 3.8) is 0 Å². The molecular formula is C29H33N5O3. The normalized spacial score (nSPS) is 20.8. The highest BCUT2D eigenvalue weighted by atomic mass is 16.5. The molecule has 1 fully saturated rings. The molecule has 2 aliphatic heterocycles. The van der Waals surface area contributed by atoms with Gasteiger partial charge in [-0.05, 0) is 74.8 Å². The number of benzene rings is 2. The summed E-state index contributed by atoms with van der Waals surface area (Å²) in [5.74, 6) is 1.25. The molecule has 6 rings (SSSR count). The van der Waals surface area contributed by atoms with Crippen molar-refractivity contribution in [3.05, 3.63) is 74.3 Å². The Kier molecular flexibility index (Phi) is 5.87. The Morgan fingerprint density at radius 2 is 1.84 bits per heavy atom. The van der Waals surface area contributed by atoms with Crippen molar-refractivity contribution in [1.82, 2.24) is 24.5 Å². The third-order valence-electron chi connectivity index (χ3n) is 8.36. The molecule has 2 atom stereocenters. The average Bonchev–Trinajstić information content (AvgIpc) is 3.29. The second kappa shape index (κ2) is 9.10. The van der Waals surface area contributed by atoms with Crippen LogP contribution in [0.1, 0.15) is 71.0 Å². The Bertz CT molecular complexity index is 1580. The Morgan fingerprint density at radius 1 is 1.05 bits per heavy atom. The number of amides is 1. The van der Waals surface area contributed by atoms with Crippen LogP contribution in [0.3, 0.4) is 0 Å². The number of nitrogens with one attached hydrogen (secondary N) is 1. The van der Waals surface area contributed by atoms with Crippen LogP contribution in [-0.4, -0.2) is 49.6 Å². The second-order valence-electron chi connectivity index (χ2n) is 10.9. The molecule has 1 amide bonds. The lowest BCUT2D eigenvalue weighted by molar-refractivity contribution is 0.0631. The zero-order chi connectivity index (χ0) is 25.8. The van der Waals surface area contributed by atoms with Gasteiger partial charge < -0.3 is 14.6 Å². The van der Waals surface area contributed by atoms with Crippen LogP contribution in [0.2, 0.25) is 0 Å². The summed E-state index contributed by atoms with van der Waals surface area (Å²) in [6.45, 7) is 10.3. The van der Waals surface area contributed by atoms with Gasteiger partial charge in [0.1, 0.15) is 5.82 Å². The molecule has 0 spiro atoms. The van der Waals surface area contributed by atoms with Crippen molar-refractivity contribution in [2.45, 2.75) is 65.5 Å². The molecule has 192 valence electrons. The summed E-state index contributed by atoms with van der Waals surface area (Å²) in [5.41, 5.74) is 6.63. The lowest BCUT2D eigenvalue weighted by atomic mass is 9.93. The Morgan fingerprint density at radius 3 is 2.62 bits per heavy atom. The number of fused-ring (bicyclic) bond motifs is 4. The summed E-state index contributed by atoms with van der Waals surface area (Å²) in [5, 5.41) is 8.66. The first-order chi connectivity index (χ1) is 17.8. The van der Waals surface area contributed by atoms with E-state index in [2.05, 4.69) is 54.2 Å². The van der Waals surface area contributed by atoms with E-state index in [0.717, 1.165) is 36.2 Å².